The van der Waals surface area contributed by atoms with E-state index in [4.69, 9.17) is 11.6 Å². The van der Waals surface area contributed by atoms with E-state index in [0.717, 1.165) is 11.8 Å². The van der Waals surface area contributed by atoms with Crippen molar-refractivity contribution in [3.8, 4) is 0 Å². The molecule has 0 aliphatic heterocycles. The smallest absolute Gasteiger partial charge is 0.0389 e. The van der Waals surface area contributed by atoms with E-state index >= 15 is 0 Å². The van der Waals surface area contributed by atoms with E-state index in [0.29, 0.717) is 11.3 Å². The normalized spacial score (nSPS) is 32.1. The molecule has 0 bridgehead atoms. The quantitative estimate of drug-likeness (QED) is 0.593. The van der Waals surface area contributed by atoms with Crippen LogP contribution in [0.25, 0.3) is 0 Å². The molecule has 1 heteroatoms. The topological polar surface area (TPSA) is 0 Å². The molecule has 0 aromatic carbocycles. The Balaban J connectivity index is 2.53. The minimum atomic E-state index is 0.408. The van der Waals surface area contributed by atoms with Gasteiger partial charge in [-0.25, -0.2) is 0 Å². The summed E-state index contributed by atoms with van der Waals surface area (Å²) in [6.07, 6.45) is 6.93. The average molecular weight is 203 g/mol. The lowest BCUT2D eigenvalue weighted by Gasteiger charge is -2.35. The van der Waals surface area contributed by atoms with Crippen LogP contribution in [0.3, 0.4) is 0 Å². The van der Waals surface area contributed by atoms with Crippen LogP contribution in [0.1, 0.15) is 52.9 Å². The second kappa shape index (κ2) is 5.24. The summed E-state index contributed by atoms with van der Waals surface area (Å²) in [6, 6.07) is 0. The number of halogens is 1. The standard InChI is InChI=1S/C12H23Cl/c1-4-10-7-5-6-8-11(10)12(13)9(2)3/h9-12H,4-8H2,1-3H3. The highest BCUT2D eigenvalue weighted by molar-refractivity contribution is 6.21. The monoisotopic (exact) mass is 202 g/mol. The molecule has 3 atom stereocenters. The first-order chi connectivity index (χ1) is 6.16. The average Bonchev–Trinajstić information content (AvgIpc) is 2.16. The molecule has 3 unspecified atom stereocenters. The zero-order chi connectivity index (χ0) is 9.84. The summed E-state index contributed by atoms with van der Waals surface area (Å²) in [6.45, 7) is 6.81. The van der Waals surface area contributed by atoms with Crippen LogP contribution in [-0.2, 0) is 0 Å². The van der Waals surface area contributed by atoms with Gasteiger partial charge in [-0.1, -0.05) is 46.5 Å². The van der Waals surface area contributed by atoms with Crippen molar-refractivity contribution in [2.75, 3.05) is 0 Å². The number of hydrogen-bond donors (Lipinski definition) is 0. The first-order valence-corrected chi connectivity index (χ1v) is 6.24. The van der Waals surface area contributed by atoms with Gasteiger partial charge in [0, 0.05) is 5.38 Å². The molecule has 0 saturated heterocycles. The van der Waals surface area contributed by atoms with Crippen molar-refractivity contribution in [3.05, 3.63) is 0 Å². The lowest BCUT2D eigenvalue weighted by atomic mass is 9.74. The van der Waals surface area contributed by atoms with Crippen molar-refractivity contribution in [2.45, 2.75) is 58.3 Å². The van der Waals surface area contributed by atoms with Crippen LogP contribution in [0, 0.1) is 17.8 Å². The minimum Gasteiger partial charge on any atom is -0.122 e. The molecule has 1 fully saturated rings. The van der Waals surface area contributed by atoms with Gasteiger partial charge < -0.3 is 0 Å². The molecule has 1 saturated carbocycles. The Labute approximate surface area is 88.1 Å². The maximum absolute atomic E-state index is 6.47. The van der Waals surface area contributed by atoms with Gasteiger partial charge in [0.1, 0.15) is 0 Å². The number of alkyl halides is 1. The van der Waals surface area contributed by atoms with Gasteiger partial charge in [0.2, 0.25) is 0 Å². The zero-order valence-electron chi connectivity index (χ0n) is 9.22. The Morgan fingerprint density at radius 3 is 2.38 bits per heavy atom. The van der Waals surface area contributed by atoms with Gasteiger partial charge in [0.15, 0.2) is 0 Å². The van der Waals surface area contributed by atoms with E-state index in [9.17, 15) is 0 Å². The van der Waals surface area contributed by atoms with E-state index in [1.807, 2.05) is 0 Å². The van der Waals surface area contributed by atoms with Crippen molar-refractivity contribution in [2.24, 2.45) is 17.8 Å². The van der Waals surface area contributed by atoms with Crippen LogP contribution in [0.2, 0.25) is 0 Å². The van der Waals surface area contributed by atoms with Crippen LogP contribution < -0.4 is 0 Å². The molecule has 0 heterocycles. The van der Waals surface area contributed by atoms with Crippen molar-refractivity contribution in [3.63, 3.8) is 0 Å². The Kier molecular flexibility index (Phi) is 4.58. The molecule has 1 rings (SSSR count). The fraction of sp³-hybridized carbons (Fsp3) is 1.00. The molecular weight excluding hydrogens is 180 g/mol. The van der Waals surface area contributed by atoms with Crippen LogP contribution in [0.4, 0.5) is 0 Å². The highest BCUT2D eigenvalue weighted by atomic mass is 35.5. The van der Waals surface area contributed by atoms with Gasteiger partial charge in [0.25, 0.3) is 0 Å². The Morgan fingerprint density at radius 2 is 1.85 bits per heavy atom. The second-order valence-corrected chi connectivity index (χ2v) is 5.31. The summed E-state index contributed by atoms with van der Waals surface area (Å²) >= 11 is 6.47. The van der Waals surface area contributed by atoms with Gasteiger partial charge in [-0.15, -0.1) is 11.6 Å². The lowest BCUT2D eigenvalue weighted by molar-refractivity contribution is 0.204. The Bertz CT molecular complexity index is 140. The van der Waals surface area contributed by atoms with Crippen molar-refractivity contribution in [1.82, 2.24) is 0 Å². The maximum Gasteiger partial charge on any atom is 0.0389 e. The molecule has 0 amide bonds. The highest BCUT2D eigenvalue weighted by Crippen LogP contribution is 2.38. The molecule has 0 spiro atoms. The summed E-state index contributed by atoms with van der Waals surface area (Å²) in [5, 5.41) is 0.408. The van der Waals surface area contributed by atoms with Crippen LogP contribution in [0.15, 0.2) is 0 Å². The first-order valence-electron chi connectivity index (χ1n) is 5.80. The summed E-state index contributed by atoms with van der Waals surface area (Å²) in [5.41, 5.74) is 0. The summed E-state index contributed by atoms with van der Waals surface area (Å²) in [5.74, 6) is 2.33. The second-order valence-electron chi connectivity index (χ2n) is 4.81. The third kappa shape index (κ3) is 2.87. The molecule has 78 valence electrons. The van der Waals surface area contributed by atoms with Gasteiger partial charge in [-0.05, 0) is 24.2 Å². The molecule has 0 radical (unpaired) electrons. The van der Waals surface area contributed by atoms with Crippen LogP contribution in [0.5, 0.6) is 0 Å². The molecular formula is C12H23Cl. The van der Waals surface area contributed by atoms with Gasteiger partial charge >= 0.3 is 0 Å². The molecule has 0 nitrogen and oxygen atoms in total. The summed E-state index contributed by atoms with van der Waals surface area (Å²) in [7, 11) is 0. The fourth-order valence-corrected chi connectivity index (χ4v) is 2.99. The molecule has 1 aliphatic carbocycles. The van der Waals surface area contributed by atoms with Crippen LogP contribution in [-0.4, -0.2) is 5.38 Å². The molecule has 0 aromatic heterocycles. The maximum atomic E-state index is 6.47. The largest absolute Gasteiger partial charge is 0.122 e. The fourth-order valence-electron chi connectivity index (χ4n) is 2.66. The third-order valence-electron chi connectivity index (χ3n) is 3.54. The predicted octanol–water partition coefficient (Wildman–Crippen LogP) is 4.47. The first kappa shape index (κ1) is 11.4. The van der Waals surface area contributed by atoms with Crippen LogP contribution >= 0.6 is 11.6 Å². The molecule has 0 N–H and O–H groups in total. The number of rotatable bonds is 3. The zero-order valence-corrected chi connectivity index (χ0v) is 9.98. The SMILES string of the molecule is CCC1CCCCC1C(Cl)C(C)C. The number of hydrogen-bond acceptors (Lipinski definition) is 0. The van der Waals surface area contributed by atoms with Crippen molar-refractivity contribution >= 4 is 11.6 Å². The predicted molar refractivity (Wildman–Crippen MR) is 60.2 cm³/mol. The van der Waals surface area contributed by atoms with Gasteiger partial charge in [-0.3, -0.25) is 0 Å². The lowest BCUT2D eigenvalue weighted by Crippen LogP contribution is -2.30. The van der Waals surface area contributed by atoms with Crippen molar-refractivity contribution in [1.29, 1.82) is 0 Å². The van der Waals surface area contributed by atoms with Gasteiger partial charge in [-0.2, -0.15) is 0 Å². The molecule has 13 heavy (non-hydrogen) atoms. The molecule has 0 aromatic rings. The Hall–Kier alpha value is 0.290. The van der Waals surface area contributed by atoms with E-state index in [2.05, 4.69) is 20.8 Å². The highest BCUT2D eigenvalue weighted by Gasteiger charge is 2.30. The molecule has 1 aliphatic rings. The van der Waals surface area contributed by atoms with E-state index in [1.54, 1.807) is 0 Å². The van der Waals surface area contributed by atoms with Crippen molar-refractivity contribution < 1.29 is 0 Å². The van der Waals surface area contributed by atoms with Gasteiger partial charge in [0.05, 0.1) is 0 Å². The summed E-state index contributed by atoms with van der Waals surface area (Å²) < 4.78 is 0. The van der Waals surface area contributed by atoms with E-state index in [1.165, 1.54) is 32.1 Å². The van der Waals surface area contributed by atoms with E-state index < -0.39 is 0 Å². The summed E-state index contributed by atoms with van der Waals surface area (Å²) in [4.78, 5) is 0. The Morgan fingerprint density at radius 1 is 1.23 bits per heavy atom. The minimum absolute atomic E-state index is 0.408. The van der Waals surface area contributed by atoms with E-state index in [-0.39, 0.29) is 0 Å². The third-order valence-corrected chi connectivity index (χ3v) is 4.37.